The number of anilines is 2. The van der Waals surface area contributed by atoms with Gasteiger partial charge in [-0.2, -0.15) is 0 Å². The Morgan fingerprint density at radius 1 is 1.15 bits per heavy atom. The highest BCUT2D eigenvalue weighted by Crippen LogP contribution is 2.27. The van der Waals surface area contributed by atoms with Gasteiger partial charge in [-0.05, 0) is 42.5 Å². The summed E-state index contributed by atoms with van der Waals surface area (Å²) in [7, 11) is -2.38. The van der Waals surface area contributed by atoms with E-state index in [4.69, 9.17) is 17.3 Å². The zero-order valence-corrected chi connectivity index (χ0v) is 12.1. The summed E-state index contributed by atoms with van der Waals surface area (Å²) in [5.41, 5.74) is 6.31. The van der Waals surface area contributed by atoms with Gasteiger partial charge in [0.05, 0.1) is 21.3 Å². The molecule has 0 aliphatic heterocycles. The van der Waals surface area contributed by atoms with Crippen molar-refractivity contribution in [1.29, 1.82) is 0 Å². The van der Waals surface area contributed by atoms with E-state index in [1.54, 1.807) is 6.07 Å². The molecule has 0 radical (unpaired) electrons. The van der Waals surface area contributed by atoms with Gasteiger partial charge in [-0.3, -0.25) is 4.31 Å². The number of nitrogens with two attached hydrogens (primary N) is 1. The molecule has 7 heteroatoms. The predicted octanol–water partition coefficient (Wildman–Crippen LogP) is 2.89. The molecule has 2 aromatic carbocycles. The van der Waals surface area contributed by atoms with Gasteiger partial charge in [-0.15, -0.1) is 0 Å². The van der Waals surface area contributed by atoms with Crippen LogP contribution >= 0.6 is 11.6 Å². The first-order chi connectivity index (χ1) is 9.32. The van der Waals surface area contributed by atoms with Gasteiger partial charge in [-0.1, -0.05) is 11.6 Å². The number of hydrogen-bond donors (Lipinski definition) is 1. The zero-order valence-electron chi connectivity index (χ0n) is 10.5. The van der Waals surface area contributed by atoms with E-state index >= 15 is 0 Å². The maximum atomic E-state index is 12.9. The molecule has 0 fully saturated rings. The van der Waals surface area contributed by atoms with Crippen molar-refractivity contribution >= 4 is 33.0 Å². The molecule has 2 rings (SSSR count). The van der Waals surface area contributed by atoms with Gasteiger partial charge in [0, 0.05) is 7.05 Å². The highest BCUT2D eigenvalue weighted by molar-refractivity contribution is 7.92. The van der Waals surface area contributed by atoms with Crippen LogP contribution in [0.15, 0.2) is 47.4 Å². The van der Waals surface area contributed by atoms with Gasteiger partial charge < -0.3 is 5.73 Å². The van der Waals surface area contributed by atoms with Crippen molar-refractivity contribution in [2.24, 2.45) is 0 Å². The molecule has 2 aromatic rings. The van der Waals surface area contributed by atoms with Crippen molar-refractivity contribution in [3.63, 3.8) is 0 Å². The standard InChI is InChI=1S/C13H12ClFN2O2S/c1-17(10-4-7-12(14)13(16)8-10)20(18,19)11-5-2-9(15)3-6-11/h2-8H,16H2,1H3. The van der Waals surface area contributed by atoms with E-state index in [0.29, 0.717) is 10.7 Å². The Hall–Kier alpha value is -1.79. The Labute approximate surface area is 121 Å². The van der Waals surface area contributed by atoms with Crippen LogP contribution in [0.1, 0.15) is 0 Å². The highest BCUT2D eigenvalue weighted by atomic mass is 35.5. The molecule has 0 unspecified atom stereocenters. The summed E-state index contributed by atoms with van der Waals surface area (Å²) in [6, 6.07) is 9.13. The minimum Gasteiger partial charge on any atom is -0.397 e. The number of nitrogen functional groups attached to an aromatic ring is 1. The van der Waals surface area contributed by atoms with Crippen LogP contribution in [0, 0.1) is 5.82 Å². The van der Waals surface area contributed by atoms with Crippen molar-refractivity contribution in [3.05, 3.63) is 53.3 Å². The Bertz CT molecular complexity index is 733. The highest BCUT2D eigenvalue weighted by Gasteiger charge is 2.21. The van der Waals surface area contributed by atoms with Crippen LogP contribution < -0.4 is 10.0 Å². The van der Waals surface area contributed by atoms with Gasteiger partial charge in [0.2, 0.25) is 0 Å². The fraction of sp³-hybridized carbons (Fsp3) is 0.0769. The van der Waals surface area contributed by atoms with Crippen molar-refractivity contribution in [2.45, 2.75) is 4.90 Å². The number of hydrogen-bond acceptors (Lipinski definition) is 3. The van der Waals surface area contributed by atoms with Crippen LogP contribution in [-0.2, 0) is 10.0 Å². The molecule has 4 nitrogen and oxygen atoms in total. The molecule has 0 spiro atoms. The Balaban J connectivity index is 2.42. The fourth-order valence-corrected chi connectivity index (χ4v) is 2.94. The molecule has 2 N–H and O–H groups in total. The third-order valence-electron chi connectivity index (χ3n) is 2.82. The van der Waals surface area contributed by atoms with Gasteiger partial charge in [0.15, 0.2) is 0 Å². The summed E-state index contributed by atoms with van der Waals surface area (Å²) in [5.74, 6) is -0.498. The topological polar surface area (TPSA) is 63.4 Å². The molecule has 0 atom stereocenters. The van der Waals surface area contributed by atoms with E-state index in [0.717, 1.165) is 16.4 Å². The average Bonchev–Trinajstić information content (AvgIpc) is 2.41. The van der Waals surface area contributed by atoms with Crippen LogP contribution in [0.2, 0.25) is 5.02 Å². The zero-order chi connectivity index (χ0) is 14.9. The van der Waals surface area contributed by atoms with E-state index in [9.17, 15) is 12.8 Å². The predicted molar refractivity (Wildman–Crippen MR) is 77.9 cm³/mol. The quantitative estimate of drug-likeness (QED) is 0.886. The number of halogens is 2. The van der Waals surface area contributed by atoms with Crippen LogP contribution in [0.25, 0.3) is 0 Å². The van der Waals surface area contributed by atoms with Crippen molar-refractivity contribution in [2.75, 3.05) is 17.1 Å². The molecular weight excluding hydrogens is 303 g/mol. The molecule has 0 saturated heterocycles. The molecule has 0 aliphatic rings. The molecule has 0 bridgehead atoms. The van der Waals surface area contributed by atoms with Crippen LogP contribution in [0.4, 0.5) is 15.8 Å². The van der Waals surface area contributed by atoms with E-state index in [-0.39, 0.29) is 10.6 Å². The van der Waals surface area contributed by atoms with Gasteiger partial charge in [-0.25, -0.2) is 12.8 Å². The third-order valence-corrected chi connectivity index (χ3v) is 4.96. The third kappa shape index (κ3) is 2.71. The summed E-state index contributed by atoms with van der Waals surface area (Å²) >= 11 is 5.80. The van der Waals surface area contributed by atoms with Gasteiger partial charge in [0.1, 0.15) is 5.82 Å². The van der Waals surface area contributed by atoms with Crippen LogP contribution in [0.5, 0.6) is 0 Å². The maximum Gasteiger partial charge on any atom is 0.264 e. The lowest BCUT2D eigenvalue weighted by atomic mass is 10.3. The number of sulfonamides is 1. The van der Waals surface area contributed by atoms with E-state index in [1.807, 2.05) is 0 Å². The van der Waals surface area contributed by atoms with Crippen LogP contribution in [0.3, 0.4) is 0 Å². The number of benzene rings is 2. The molecule has 0 aliphatic carbocycles. The summed E-state index contributed by atoms with van der Waals surface area (Å²) in [5, 5.41) is 0.348. The van der Waals surface area contributed by atoms with E-state index < -0.39 is 15.8 Å². The first-order valence-corrected chi connectivity index (χ1v) is 7.43. The molecule has 0 saturated carbocycles. The van der Waals surface area contributed by atoms with Crippen molar-refractivity contribution in [1.82, 2.24) is 0 Å². The minimum absolute atomic E-state index is 0.00470. The Morgan fingerprint density at radius 3 is 2.30 bits per heavy atom. The lowest BCUT2D eigenvalue weighted by Crippen LogP contribution is -2.26. The van der Waals surface area contributed by atoms with E-state index in [2.05, 4.69) is 0 Å². The molecule has 0 amide bonds. The molecule has 20 heavy (non-hydrogen) atoms. The van der Waals surface area contributed by atoms with E-state index in [1.165, 1.54) is 31.3 Å². The molecule has 106 valence electrons. The molecule has 0 heterocycles. The fourth-order valence-electron chi connectivity index (χ4n) is 1.63. The lowest BCUT2D eigenvalue weighted by Gasteiger charge is -2.20. The first-order valence-electron chi connectivity index (χ1n) is 5.62. The number of rotatable bonds is 3. The summed E-state index contributed by atoms with van der Waals surface area (Å²) < 4.78 is 38.7. The Kier molecular flexibility index (Phi) is 3.87. The average molecular weight is 315 g/mol. The second-order valence-corrected chi connectivity index (χ2v) is 6.51. The van der Waals surface area contributed by atoms with Crippen LogP contribution in [-0.4, -0.2) is 15.5 Å². The maximum absolute atomic E-state index is 12.9. The smallest absolute Gasteiger partial charge is 0.264 e. The SMILES string of the molecule is CN(c1ccc(Cl)c(N)c1)S(=O)(=O)c1ccc(F)cc1. The normalized spacial score (nSPS) is 11.3. The second-order valence-electron chi connectivity index (χ2n) is 4.13. The monoisotopic (exact) mass is 314 g/mol. The van der Waals surface area contributed by atoms with Gasteiger partial charge in [0.25, 0.3) is 10.0 Å². The van der Waals surface area contributed by atoms with Crippen molar-refractivity contribution < 1.29 is 12.8 Å². The summed E-state index contributed by atoms with van der Waals surface area (Å²) in [4.78, 5) is -0.00470. The first kappa shape index (κ1) is 14.6. The number of nitrogens with zero attached hydrogens (tertiary/aromatic N) is 1. The summed E-state index contributed by atoms with van der Waals surface area (Å²) in [6.45, 7) is 0. The van der Waals surface area contributed by atoms with Crippen molar-refractivity contribution in [3.8, 4) is 0 Å². The largest absolute Gasteiger partial charge is 0.397 e. The lowest BCUT2D eigenvalue weighted by molar-refractivity contribution is 0.593. The van der Waals surface area contributed by atoms with Gasteiger partial charge >= 0.3 is 0 Å². The Morgan fingerprint density at radius 2 is 1.75 bits per heavy atom. The summed E-state index contributed by atoms with van der Waals surface area (Å²) in [6.07, 6.45) is 0. The second kappa shape index (κ2) is 5.30. The molecule has 0 aromatic heterocycles. The minimum atomic E-state index is -3.77. The molecular formula is C13H12ClFN2O2S.